The Hall–Kier alpha value is -4.30. The fourth-order valence-corrected chi connectivity index (χ4v) is 3.65. The number of aryl methyl sites for hydroxylation is 1. The summed E-state index contributed by atoms with van der Waals surface area (Å²) in [6.45, 7) is 8.50. The Morgan fingerprint density at radius 2 is 1.73 bits per heavy atom. The third kappa shape index (κ3) is 7.11. The molecule has 3 aromatic rings. The third-order valence-corrected chi connectivity index (χ3v) is 5.90. The molecule has 0 unspecified atom stereocenters. The first kappa shape index (κ1) is 27.3. The summed E-state index contributed by atoms with van der Waals surface area (Å²) < 4.78 is 5.44. The van der Waals surface area contributed by atoms with Crippen LogP contribution in [0.5, 0.6) is 5.75 Å². The zero-order chi connectivity index (χ0) is 27.2. The van der Waals surface area contributed by atoms with Crippen molar-refractivity contribution in [1.82, 2.24) is 5.32 Å². The molecule has 0 aromatic heterocycles. The lowest BCUT2D eigenvalue weighted by molar-refractivity contribution is -0.117. The van der Waals surface area contributed by atoms with Gasteiger partial charge in [-0.05, 0) is 53.3 Å². The lowest BCUT2D eigenvalue weighted by atomic mass is 9.87. The number of ether oxygens (including phenoxy) is 1. The first-order chi connectivity index (χ1) is 17.5. The van der Waals surface area contributed by atoms with E-state index in [1.54, 1.807) is 25.3 Å². The van der Waals surface area contributed by atoms with Gasteiger partial charge in [0.1, 0.15) is 11.4 Å². The second kappa shape index (κ2) is 11.6. The highest BCUT2D eigenvalue weighted by molar-refractivity contribution is 6.05. The Morgan fingerprint density at radius 1 is 1.03 bits per heavy atom. The molecule has 0 bridgehead atoms. The first-order valence-electron chi connectivity index (χ1n) is 11.9. The lowest BCUT2D eigenvalue weighted by Gasteiger charge is -2.21. The molecule has 3 aromatic carbocycles. The Bertz CT molecular complexity index is 1300. The van der Waals surface area contributed by atoms with Gasteiger partial charge in [-0.1, -0.05) is 63.2 Å². The highest BCUT2D eigenvalue weighted by Gasteiger charge is 2.18. The molecule has 2 amide bonds. The van der Waals surface area contributed by atoms with E-state index in [4.69, 9.17) is 16.3 Å². The number of nitrogens with one attached hydrogen (secondary N) is 2. The van der Waals surface area contributed by atoms with Crippen LogP contribution in [0, 0.1) is 6.92 Å². The van der Waals surface area contributed by atoms with Crippen LogP contribution in [0.3, 0.4) is 0 Å². The standard InChI is InChI=1S/C29H35N5O3/c1-19-11-12-21(27(35)33-24-16-22(29(2,3)4)13-14-26(24)37-5)15-25(19)34(31)18-23(30)28(36)32-17-20-9-7-6-8-10-20/h6-16,18H,17,30-31H2,1-5H3,(H,32,36)(H,33,35)/b23-18-. The number of rotatable bonds is 8. The summed E-state index contributed by atoms with van der Waals surface area (Å²) in [5.74, 6) is 6.01. The lowest BCUT2D eigenvalue weighted by Crippen LogP contribution is -2.33. The summed E-state index contributed by atoms with van der Waals surface area (Å²) in [5, 5.41) is 6.94. The topological polar surface area (TPSA) is 123 Å². The monoisotopic (exact) mass is 501 g/mol. The molecule has 194 valence electrons. The van der Waals surface area contributed by atoms with Crippen LogP contribution in [0.25, 0.3) is 0 Å². The summed E-state index contributed by atoms with van der Waals surface area (Å²) in [7, 11) is 1.56. The maximum Gasteiger partial charge on any atom is 0.268 e. The Kier molecular flexibility index (Phi) is 8.57. The van der Waals surface area contributed by atoms with Crippen molar-refractivity contribution in [3.63, 3.8) is 0 Å². The van der Waals surface area contributed by atoms with Crippen molar-refractivity contribution in [2.45, 2.75) is 39.7 Å². The molecule has 0 saturated heterocycles. The molecular formula is C29H35N5O3. The predicted molar refractivity (Wildman–Crippen MR) is 148 cm³/mol. The molecule has 0 aliphatic carbocycles. The Labute approximate surface area is 218 Å². The second-order valence-electron chi connectivity index (χ2n) is 9.78. The average molecular weight is 502 g/mol. The summed E-state index contributed by atoms with van der Waals surface area (Å²) in [5.41, 5.74) is 10.1. The van der Waals surface area contributed by atoms with Crippen molar-refractivity contribution in [3.8, 4) is 5.75 Å². The van der Waals surface area contributed by atoms with Gasteiger partial charge in [0.05, 0.1) is 18.5 Å². The minimum atomic E-state index is -0.448. The molecule has 6 N–H and O–H groups in total. The maximum absolute atomic E-state index is 13.1. The van der Waals surface area contributed by atoms with E-state index in [0.29, 0.717) is 29.2 Å². The van der Waals surface area contributed by atoms with Crippen LogP contribution in [0.1, 0.15) is 47.8 Å². The van der Waals surface area contributed by atoms with E-state index in [0.717, 1.165) is 16.7 Å². The van der Waals surface area contributed by atoms with Gasteiger partial charge in [0, 0.05) is 18.3 Å². The van der Waals surface area contributed by atoms with Crippen LogP contribution in [-0.4, -0.2) is 18.9 Å². The van der Waals surface area contributed by atoms with Crippen molar-refractivity contribution in [2.24, 2.45) is 11.6 Å². The molecule has 0 atom stereocenters. The Morgan fingerprint density at radius 3 is 2.38 bits per heavy atom. The normalized spacial score (nSPS) is 11.6. The van der Waals surface area contributed by atoms with E-state index in [9.17, 15) is 9.59 Å². The molecule has 8 heteroatoms. The molecular weight excluding hydrogens is 466 g/mol. The number of carbonyl (C=O) groups excluding carboxylic acids is 2. The van der Waals surface area contributed by atoms with Crippen LogP contribution in [-0.2, 0) is 16.8 Å². The quantitative estimate of drug-likeness (QED) is 0.207. The smallest absolute Gasteiger partial charge is 0.268 e. The van der Waals surface area contributed by atoms with Gasteiger partial charge in [-0.15, -0.1) is 0 Å². The minimum Gasteiger partial charge on any atom is -0.495 e. The highest BCUT2D eigenvalue weighted by Crippen LogP contribution is 2.32. The minimum absolute atomic E-state index is 0.0589. The van der Waals surface area contributed by atoms with E-state index in [1.807, 2.05) is 55.5 Å². The zero-order valence-corrected chi connectivity index (χ0v) is 22.0. The molecule has 8 nitrogen and oxygen atoms in total. The number of hydrogen-bond acceptors (Lipinski definition) is 6. The summed E-state index contributed by atoms with van der Waals surface area (Å²) in [6, 6.07) is 20.4. The van der Waals surface area contributed by atoms with Crippen LogP contribution < -0.4 is 32.0 Å². The van der Waals surface area contributed by atoms with E-state index < -0.39 is 5.91 Å². The number of benzene rings is 3. The Balaban J connectivity index is 1.77. The number of nitrogens with two attached hydrogens (primary N) is 2. The molecule has 0 aliphatic rings. The zero-order valence-electron chi connectivity index (χ0n) is 22.0. The van der Waals surface area contributed by atoms with Gasteiger partial charge in [0.25, 0.3) is 11.8 Å². The van der Waals surface area contributed by atoms with Gasteiger partial charge in [-0.25, -0.2) is 5.84 Å². The summed E-state index contributed by atoms with van der Waals surface area (Å²) in [6.07, 6.45) is 1.33. The van der Waals surface area contributed by atoms with E-state index in [2.05, 4.69) is 31.4 Å². The number of nitrogens with zero attached hydrogens (tertiary/aromatic N) is 1. The predicted octanol–water partition coefficient (Wildman–Crippen LogP) is 4.35. The number of anilines is 2. The van der Waals surface area contributed by atoms with Gasteiger partial charge < -0.3 is 21.1 Å². The molecule has 0 aliphatic heterocycles. The molecule has 0 fully saturated rings. The van der Waals surface area contributed by atoms with Crippen LogP contribution in [0.2, 0.25) is 0 Å². The van der Waals surface area contributed by atoms with Gasteiger partial charge in [0.15, 0.2) is 0 Å². The third-order valence-electron chi connectivity index (χ3n) is 5.90. The average Bonchev–Trinajstić information content (AvgIpc) is 2.87. The first-order valence-corrected chi connectivity index (χ1v) is 11.9. The van der Waals surface area contributed by atoms with Crippen LogP contribution in [0.4, 0.5) is 11.4 Å². The highest BCUT2D eigenvalue weighted by atomic mass is 16.5. The number of hydrogen-bond donors (Lipinski definition) is 4. The molecule has 0 radical (unpaired) electrons. The van der Waals surface area contributed by atoms with Crippen LogP contribution in [0.15, 0.2) is 78.6 Å². The van der Waals surface area contributed by atoms with E-state index in [1.165, 1.54) is 11.2 Å². The van der Waals surface area contributed by atoms with Crippen LogP contribution >= 0.6 is 0 Å². The number of carbonyl (C=O) groups is 2. The van der Waals surface area contributed by atoms with Crippen molar-refractivity contribution >= 4 is 23.2 Å². The van der Waals surface area contributed by atoms with Crippen molar-refractivity contribution < 1.29 is 14.3 Å². The molecule has 0 saturated carbocycles. The van der Waals surface area contributed by atoms with Crippen molar-refractivity contribution in [2.75, 3.05) is 17.4 Å². The van der Waals surface area contributed by atoms with E-state index >= 15 is 0 Å². The SMILES string of the molecule is COc1ccc(C(C)(C)C)cc1NC(=O)c1ccc(C)c(N(N)/C=C(\N)C(=O)NCc2ccccc2)c1. The van der Waals surface area contributed by atoms with E-state index in [-0.39, 0.29) is 17.0 Å². The fourth-order valence-electron chi connectivity index (χ4n) is 3.65. The summed E-state index contributed by atoms with van der Waals surface area (Å²) >= 11 is 0. The van der Waals surface area contributed by atoms with Crippen molar-refractivity contribution in [1.29, 1.82) is 0 Å². The van der Waals surface area contributed by atoms with Gasteiger partial charge in [-0.3, -0.25) is 14.6 Å². The van der Waals surface area contributed by atoms with Gasteiger partial charge >= 0.3 is 0 Å². The maximum atomic E-state index is 13.1. The largest absolute Gasteiger partial charge is 0.495 e. The number of methoxy groups -OCH3 is 1. The second-order valence-corrected chi connectivity index (χ2v) is 9.78. The number of amides is 2. The van der Waals surface area contributed by atoms with Gasteiger partial charge in [-0.2, -0.15) is 0 Å². The van der Waals surface area contributed by atoms with Crippen molar-refractivity contribution in [3.05, 3.63) is 101 Å². The summed E-state index contributed by atoms with van der Waals surface area (Å²) in [4.78, 5) is 25.6. The fraction of sp³-hybridized carbons (Fsp3) is 0.241. The molecule has 37 heavy (non-hydrogen) atoms. The van der Waals surface area contributed by atoms with Gasteiger partial charge in [0.2, 0.25) is 0 Å². The molecule has 0 heterocycles. The number of hydrazine groups is 1. The molecule has 3 rings (SSSR count). The molecule has 0 spiro atoms.